The molecule has 0 atom stereocenters. The molecule has 1 aliphatic rings. The number of amides is 1. The number of nitrogen functional groups attached to an aromatic ring is 1. The van der Waals surface area contributed by atoms with E-state index in [-0.39, 0.29) is 22.9 Å². The average molecular weight is 352 g/mol. The fourth-order valence-electron chi connectivity index (χ4n) is 3.19. The molecule has 1 aromatic heterocycles. The van der Waals surface area contributed by atoms with Gasteiger partial charge in [0.05, 0.1) is 18.4 Å². The van der Waals surface area contributed by atoms with Gasteiger partial charge in [-0.2, -0.15) is 5.26 Å². The molecule has 7 nitrogen and oxygen atoms in total. The minimum Gasteiger partial charge on any atom is -0.464 e. The van der Waals surface area contributed by atoms with Crippen LogP contribution in [0.3, 0.4) is 0 Å². The molecule has 3 rings (SSSR count). The van der Waals surface area contributed by atoms with Gasteiger partial charge in [-0.05, 0) is 37.5 Å². The first kappa shape index (κ1) is 17.5. The summed E-state index contributed by atoms with van der Waals surface area (Å²) in [5.74, 6) is -0.677. The number of ether oxygens (including phenoxy) is 1. The third-order valence-corrected chi connectivity index (χ3v) is 4.56. The van der Waals surface area contributed by atoms with Crippen molar-refractivity contribution in [2.24, 2.45) is 0 Å². The van der Waals surface area contributed by atoms with Gasteiger partial charge in [-0.15, -0.1) is 0 Å². The number of benzene rings is 1. The molecular weight excluding hydrogens is 332 g/mol. The van der Waals surface area contributed by atoms with Crippen molar-refractivity contribution < 1.29 is 14.3 Å². The van der Waals surface area contributed by atoms with Crippen LogP contribution in [0.4, 0.5) is 5.69 Å². The first-order chi connectivity index (χ1) is 12.6. The molecule has 2 N–H and O–H groups in total. The van der Waals surface area contributed by atoms with Crippen molar-refractivity contribution in [1.82, 2.24) is 9.47 Å². The van der Waals surface area contributed by atoms with Crippen molar-refractivity contribution in [2.45, 2.75) is 19.3 Å². The number of aromatic nitrogens is 1. The van der Waals surface area contributed by atoms with Crippen LogP contribution in [0.5, 0.6) is 0 Å². The summed E-state index contributed by atoms with van der Waals surface area (Å²) >= 11 is 0. The monoisotopic (exact) mass is 352 g/mol. The number of nitrogens with two attached hydrogens (primary N) is 1. The fraction of sp³-hybridized carbons (Fsp3) is 0.316. The first-order valence-corrected chi connectivity index (χ1v) is 8.45. The Morgan fingerprint density at radius 2 is 1.96 bits per heavy atom. The van der Waals surface area contributed by atoms with Gasteiger partial charge in [0.1, 0.15) is 6.07 Å². The molecule has 2 heterocycles. The molecule has 0 bridgehead atoms. The molecule has 1 aliphatic heterocycles. The van der Waals surface area contributed by atoms with Crippen molar-refractivity contribution in [3.05, 3.63) is 47.3 Å². The highest BCUT2D eigenvalue weighted by atomic mass is 16.5. The van der Waals surface area contributed by atoms with Crippen molar-refractivity contribution in [3.8, 4) is 11.8 Å². The number of rotatable bonds is 3. The molecule has 0 spiro atoms. The third kappa shape index (κ3) is 3.14. The quantitative estimate of drug-likeness (QED) is 0.854. The zero-order chi connectivity index (χ0) is 18.7. The summed E-state index contributed by atoms with van der Waals surface area (Å²) in [7, 11) is 1.25. The van der Waals surface area contributed by atoms with Crippen molar-refractivity contribution in [3.63, 3.8) is 0 Å². The Morgan fingerprint density at radius 1 is 1.23 bits per heavy atom. The zero-order valence-electron chi connectivity index (χ0n) is 14.6. The highest BCUT2D eigenvalue weighted by Gasteiger charge is 2.23. The van der Waals surface area contributed by atoms with E-state index in [0.29, 0.717) is 11.3 Å². The van der Waals surface area contributed by atoms with E-state index in [1.807, 2.05) is 11.0 Å². The van der Waals surface area contributed by atoms with E-state index in [2.05, 4.69) is 0 Å². The summed E-state index contributed by atoms with van der Waals surface area (Å²) in [5, 5.41) is 9.21. The van der Waals surface area contributed by atoms with E-state index in [4.69, 9.17) is 10.5 Å². The van der Waals surface area contributed by atoms with Gasteiger partial charge in [0.2, 0.25) is 0 Å². The second kappa shape index (κ2) is 7.31. The molecule has 134 valence electrons. The Balaban J connectivity index is 2.02. The SMILES string of the molecule is COC(=O)c1c(N)c(C#N)cn1-c1cccc(C(=O)N2CCCCC2)c1. The van der Waals surface area contributed by atoms with E-state index in [9.17, 15) is 14.9 Å². The Bertz CT molecular complexity index is 889. The number of carbonyl (C=O) groups excluding carboxylic acids is 2. The molecule has 1 aromatic carbocycles. The number of hydrogen-bond acceptors (Lipinski definition) is 5. The lowest BCUT2D eigenvalue weighted by molar-refractivity contribution is 0.0592. The van der Waals surface area contributed by atoms with Crippen LogP contribution < -0.4 is 5.73 Å². The van der Waals surface area contributed by atoms with Crippen LogP contribution in [-0.4, -0.2) is 41.5 Å². The predicted octanol–water partition coefficient (Wildman–Crippen LogP) is 2.34. The summed E-state index contributed by atoms with van der Waals surface area (Å²) in [5.41, 5.74) is 7.34. The van der Waals surface area contributed by atoms with E-state index in [1.54, 1.807) is 24.3 Å². The van der Waals surface area contributed by atoms with E-state index < -0.39 is 5.97 Å². The Hall–Kier alpha value is -3.27. The van der Waals surface area contributed by atoms with Crippen LogP contribution in [0.25, 0.3) is 5.69 Å². The van der Waals surface area contributed by atoms with Gasteiger partial charge in [0, 0.05) is 30.5 Å². The number of methoxy groups -OCH3 is 1. The summed E-state index contributed by atoms with van der Waals surface area (Å²) < 4.78 is 6.28. The first-order valence-electron chi connectivity index (χ1n) is 8.45. The van der Waals surface area contributed by atoms with Crippen LogP contribution in [-0.2, 0) is 4.74 Å². The molecule has 2 aromatic rings. The van der Waals surface area contributed by atoms with Crippen LogP contribution in [0.15, 0.2) is 30.5 Å². The second-order valence-corrected chi connectivity index (χ2v) is 6.18. The lowest BCUT2D eigenvalue weighted by Crippen LogP contribution is -2.35. The Labute approximate surface area is 151 Å². The van der Waals surface area contributed by atoms with E-state index >= 15 is 0 Å². The van der Waals surface area contributed by atoms with Crippen molar-refractivity contribution >= 4 is 17.6 Å². The molecule has 1 saturated heterocycles. The summed E-state index contributed by atoms with van der Waals surface area (Å²) in [6.45, 7) is 1.51. The minimum atomic E-state index is -0.642. The summed E-state index contributed by atoms with van der Waals surface area (Å²) in [6, 6.07) is 8.91. The number of nitrogens with zero attached hydrogens (tertiary/aromatic N) is 3. The average Bonchev–Trinajstić information content (AvgIpc) is 3.04. The Kier molecular flexibility index (Phi) is 4.94. The van der Waals surface area contributed by atoms with Crippen LogP contribution in [0.1, 0.15) is 45.7 Å². The maximum Gasteiger partial charge on any atom is 0.357 e. The van der Waals surface area contributed by atoms with Gasteiger partial charge in [0.25, 0.3) is 5.91 Å². The lowest BCUT2D eigenvalue weighted by Gasteiger charge is -2.26. The minimum absolute atomic E-state index is 0.0354. The molecule has 26 heavy (non-hydrogen) atoms. The molecule has 0 saturated carbocycles. The molecule has 1 amide bonds. The van der Waals surface area contributed by atoms with Gasteiger partial charge in [-0.25, -0.2) is 4.79 Å². The number of nitriles is 1. The van der Waals surface area contributed by atoms with Crippen LogP contribution >= 0.6 is 0 Å². The molecule has 1 fully saturated rings. The number of hydrogen-bond donors (Lipinski definition) is 1. The van der Waals surface area contributed by atoms with Crippen LogP contribution in [0.2, 0.25) is 0 Å². The predicted molar refractivity (Wildman–Crippen MR) is 96.0 cm³/mol. The number of anilines is 1. The fourth-order valence-corrected chi connectivity index (χ4v) is 3.19. The summed E-state index contributed by atoms with van der Waals surface area (Å²) in [4.78, 5) is 26.7. The van der Waals surface area contributed by atoms with E-state index in [1.165, 1.54) is 17.9 Å². The number of carbonyl (C=O) groups is 2. The third-order valence-electron chi connectivity index (χ3n) is 4.56. The Morgan fingerprint density at radius 3 is 2.62 bits per heavy atom. The molecule has 0 aliphatic carbocycles. The van der Waals surface area contributed by atoms with Crippen molar-refractivity contribution in [1.29, 1.82) is 5.26 Å². The largest absolute Gasteiger partial charge is 0.464 e. The normalized spacial score (nSPS) is 13.9. The zero-order valence-corrected chi connectivity index (χ0v) is 14.6. The van der Waals surface area contributed by atoms with Crippen LogP contribution in [0, 0.1) is 11.3 Å². The lowest BCUT2D eigenvalue weighted by atomic mass is 10.1. The summed E-state index contributed by atoms with van der Waals surface area (Å²) in [6.07, 6.45) is 4.65. The standard InChI is InChI=1S/C19H20N4O3/c1-26-19(25)17-16(21)14(11-20)12-23(17)15-7-5-6-13(10-15)18(24)22-8-3-2-4-9-22/h5-7,10,12H,2-4,8-9,21H2,1H3. The van der Waals surface area contributed by atoms with Crippen molar-refractivity contribution in [2.75, 3.05) is 25.9 Å². The maximum atomic E-state index is 12.7. The molecule has 0 radical (unpaired) electrons. The molecular formula is C19H20N4O3. The topological polar surface area (TPSA) is 101 Å². The molecule has 7 heteroatoms. The maximum absolute atomic E-state index is 12.7. The molecule has 0 unspecified atom stereocenters. The number of piperidine rings is 1. The number of likely N-dealkylation sites (tertiary alicyclic amines) is 1. The van der Waals surface area contributed by atoms with Gasteiger partial charge in [0.15, 0.2) is 5.69 Å². The van der Waals surface area contributed by atoms with Gasteiger partial charge in [-0.3, -0.25) is 4.79 Å². The highest BCUT2D eigenvalue weighted by Crippen LogP contribution is 2.25. The smallest absolute Gasteiger partial charge is 0.357 e. The van der Waals surface area contributed by atoms with Gasteiger partial charge >= 0.3 is 5.97 Å². The van der Waals surface area contributed by atoms with E-state index in [0.717, 1.165) is 32.4 Å². The highest BCUT2D eigenvalue weighted by molar-refractivity contribution is 5.97. The number of esters is 1. The van der Waals surface area contributed by atoms with Gasteiger partial charge in [-0.1, -0.05) is 6.07 Å². The van der Waals surface area contributed by atoms with Gasteiger partial charge < -0.3 is 19.9 Å². The second-order valence-electron chi connectivity index (χ2n) is 6.18.